The van der Waals surface area contributed by atoms with E-state index in [1.807, 2.05) is 6.07 Å². The highest BCUT2D eigenvalue weighted by atomic mass is 32.1. The van der Waals surface area contributed by atoms with E-state index in [9.17, 15) is 4.79 Å². The predicted octanol–water partition coefficient (Wildman–Crippen LogP) is 3.57. The molecular formula is C19H23N5O3S. The molecule has 0 fully saturated rings. The van der Waals surface area contributed by atoms with E-state index in [1.165, 1.54) is 17.7 Å². The third-order valence-corrected chi connectivity index (χ3v) is 5.30. The van der Waals surface area contributed by atoms with Gasteiger partial charge in [0.2, 0.25) is 5.91 Å². The number of nitrogens with one attached hydrogen (secondary N) is 1. The van der Waals surface area contributed by atoms with Crippen LogP contribution in [0.4, 0.5) is 5.69 Å². The van der Waals surface area contributed by atoms with Crippen molar-refractivity contribution in [2.24, 2.45) is 11.7 Å². The molecular weight excluding hydrogens is 378 g/mol. The second-order valence-electron chi connectivity index (χ2n) is 6.55. The first-order chi connectivity index (χ1) is 13.5. The fraction of sp³-hybridized carbons (Fsp3) is 0.368. The molecule has 0 saturated heterocycles. The Labute approximate surface area is 167 Å². The van der Waals surface area contributed by atoms with Gasteiger partial charge in [-0.2, -0.15) is 0 Å². The van der Waals surface area contributed by atoms with Crippen molar-refractivity contribution in [3.05, 3.63) is 30.2 Å². The summed E-state index contributed by atoms with van der Waals surface area (Å²) in [4.78, 5) is 16.6. The number of benzene rings is 1. The average molecular weight is 401 g/mol. The number of amides is 1. The Bertz CT molecular complexity index is 912. The summed E-state index contributed by atoms with van der Waals surface area (Å²) >= 11 is 1.37. The van der Waals surface area contributed by atoms with Crippen molar-refractivity contribution in [3.8, 4) is 27.6 Å². The van der Waals surface area contributed by atoms with Crippen LogP contribution in [0.5, 0.6) is 5.75 Å². The minimum absolute atomic E-state index is 0.250. The van der Waals surface area contributed by atoms with Gasteiger partial charge < -0.3 is 20.2 Å². The molecule has 0 radical (unpaired) electrons. The van der Waals surface area contributed by atoms with E-state index in [1.54, 1.807) is 24.9 Å². The number of anilines is 1. The number of hydrogen-bond donors (Lipinski definition) is 2. The second-order valence-corrected chi connectivity index (χ2v) is 7.39. The summed E-state index contributed by atoms with van der Waals surface area (Å²) in [5, 5.41) is 11.6. The van der Waals surface area contributed by atoms with Crippen LogP contribution in [0.15, 0.2) is 34.7 Å². The monoisotopic (exact) mass is 401 g/mol. The summed E-state index contributed by atoms with van der Waals surface area (Å²) in [6.45, 7) is 4.16. The maximum absolute atomic E-state index is 12.7. The van der Waals surface area contributed by atoms with E-state index >= 15 is 0 Å². The standard InChI is InChI=1S/C19H23N5O3S/c1-4-11(2)5-14(20)18(25)23-15-7-16(26-3)13(17-8-21-9-27-17)6-12(15)19-24-22-10-28-19/h6-11,14H,4-5,20H2,1-3H3,(H,23,25)/t11?,14-/m1/s1. The fourth-order valence-corrected chi connectivity index (χ4v) is 3.38. The van der Waals surface area contributed by atoms with Crippen molar-refractivity contribution >= 4 is 22.9 Å². The first kappa shape index (κ1) is 20.0. The maximum Gasteiger partial charge on any atom is 0.241 e. The average Bonchev–Trinajstić information content (AvgIpc) is 3.41. The Balaban J connectivity index is 1.99. The van der Waals surface area contributed by atoms with Crippen molar-refractivity contribution < 1.29 is 13.9 Å². The highest BCUT2D eigenvalue weighted by molar-refractivity contribution is 7.12. The normalized spacial score (nSPS) is 13.1. The topological polar surface area (TPSA) is 116 Å². The van der Waals surface area contributed by atoms with Gasteiger partial charge >= 0.3 is 0 Å². The van der Waals surface area contributed by atoms with Crippen molar-refractivity contribution in [3.63, 3.8) is 0 Å². The van der Waals surface area contributed by atoms with Crippen LogP contribution in [0.3, 0.4) is 0 Å². The largest absolute Gasteiger partial charge is 0.496 e. The summed E-state index contributed by atoms with van der Waals surface area (Å²) in [5.74, 6) is 1.21. The van der Waals surface area contributed by atoms with Crippen LogP contribution in [-0.2, 0) is 4.79 Å². The van der Waals surface area contributed by atoms with Gasteiger partial charge in [0, 0.05) is 11.6 Å². The molecule has 8 nitrogen and oxygen atoms in total. The van der Waals surface area contributed by atoms with Gasteiger partial charge in [-0.1, -0.05) is 31.6 Å². The highest BCUT2D eigenvalue weighted by Crippen LogP contribution is 2.40. The Hall–Kier alpha value is -2.78. The van der Waals surface area contributed by atoms with E-state index in [4.69, 9.17) is 14.9 Å². The number of rotatable bonds is 8. The van der Waals surface area contributed by atoms with Gasteiger partial charge in [-0.05, 0) is 18.4 Å². The molecule has 2 heterocycles. The van der Waals surface area contributed by atoms with Crippen molar-refractivity contribution in [1.82, 2.24) is 15.2 Å². The van der Waals surface area contributed by atoms with Crippen LogP contribution in [0, 0.1) is 5.92 Å². The Kier molecular flexibility index (Phi) is 6.37. The summed E-state index contributed by atoms with van der Waals surface area (Å²) < 4.78 is 10.9. The first-order valence-corrected chi connectivity index (χ1v) is 9.85. The molecule has 1 aromatic carbocycles. The summed E-state index contributed by atoms with van der Waals surface area (Å²) in [6.07, 6.45) is 4.53. The lowest BCUT2D eigenvalue weighted by atomic mass is 9.99. The molecule has 1 amide bonds. The van der Waals surface area contributed by atoms with Crippen LogP contribution in [0.1, 0.15) is 26.7 Å². The SMILES string of the molecule is CCC(C)C[C@@H](N)C(=O)Nc1cc(OC)c(-c2cnco2)cc1-c1nncs1. The van der Waals surface area contributed by atoms with Gasteiger partial charge in [-0.25, -0.2) is 4.98 Å². The lowest BCUT2D eigenvalue weighted by Crippen LogP contribution is -2.37. The van der Waals surface area contributed by atoms with Crippen LogP contribution in [0.25, 0.3) is 21.9 Å². The number of nitrogens with two attached hydrogens (primary N) is 1. The van der Waals surface area contributed by atoms with E-state index in [0.29, 0.717) is 45.7 Å². The molecule has 0 aliphatic carbocycles. The van der Waals surface area contributed by atoms with Gasteiger partial charge in [-0.15, -0.1) is 10.2 Å². The number of methoxy groups -OCH3 is 1. The molecule has 9 heteroatoms. The van der Waals surface area contributed by atoms with Gasteiger partial charge in [-0.3, -0.25) is 4.79 Å². The summed E-state index contributed by atoms with van der Waals surface area (Å²) in [7, 11) is 1.56. The number of oxazole rings is 1. The molecule has 1 unspecified atom stereocenters. The minimum atomic E-state index is -0.600. The van der Waals surface area contributed by atoms with Crippen LogP contribution < -0.4 is 15.8 Å². The molecule has 28 heavy (non-hydrogen) atoms. The molecule has 0 bridgehead atoms. The Morgan fingerprint density at radius 3 is 2.82 bits per heavy atom. The zero-order chi connectivity index (χ0) is 20.1. The molecule has 148 valence electrons. The summed E-state index contributed by atoms with van der Waals surface area (Å²) in [6, 6.07) is 2.98. The van der Waals surface area contributed by atoms with E-state index in [0.717, 1.165) is 6.42 Å². The quantitative estimate of drug-likeness (QED) is 0.592. The van der Waals surface area contributed by atoms with E-state index in [-0.39, 0.29) is 5.91 Å². The van der Waals surface area contributed by atoms with Crippen molar-refractivity contribution in [2.45, 2.75) is 32.7 Å². The molecule has 0 spiro atoms. The van der Waals surface area contributed by atoms with Gasteiger partial charge in [0.05, 0.1) is 30.6 Å². The van der Waals surface area contributed by atoms with Gasteiger partial charge in [0.1, 0.15) is 16.3 Å². The highest BCUT2D eigenvalue weighted by Gasteiger charge is 2.21. The molecule has 0 aliphatic rings. The third kappa shape index (κ3) is 4.37. The zero-order valence-electron chi connectivity index (χ0n) is 16.0. The number of hydrogen-bond acceptors (Lipinski definition) is 8. The Morgan fingerprint density at radius 2 is 2.21 bits per heavy atom. The van der Waals surface area contributed by atoms with Gasteiger partial charge in [0.25, 0.3) is 0 Å². The zero-order valence-corrected chi connectivity index (χ0v) is 16.8. The molecule has 3 aromatic rings. The molecule has 3 rings (SSSR count). The molecule has 2 atom stereocenters. The first-order valence-electron chi connectivity index (χ1n) is 8.97. The number of nitrogens with zero attached hydrogens (tertiary/aromatic N) is 3. The lowest BCUT2D eigenvalue weighted by molar-refractivity contribution is -0.117. The molecule has 0 saturated carbocycles. The molecule has 0 aliphatic heterocycles. The number of aromatic nitrogens is 3. The lowest BCUT2D eigenvalue weighted by Gasteiger charge is -2.18. The van der Waals surface area contributed by atoms with Crippen molar-refractivity contribution in [1.29, 1.82) is 0 Å². The fourth-order valence-electron chi connectivity index (χ4n) is 2.79. The predicted molar refractivity (Wildman–Crippen MR) is 108 cm³/mol. The Morgan fingerprint density at radius 1 is 1.39 bits per heavy atom. The van der Waals surface area contributed by atoms with Crippen LogP contribution in [-0.4, -0.2) is 34.2 Å². The smallest absolute Gasteiger partial charge is 0.241 e. The van der Waals surface area contributed by atoms with Crippen molar-refractivity contribution in [2.75, 3.05) is 12.4 Å². The number of carbonyl (C=O) groups is 1. The van der Waals surface area contributed by atoms with Gasteiger partial charge in [0.15, 0.2) is 12.2 Å². The molecule has 3 N–H and O–H groups in total. The maximum atomic E-state index is 12.7. The van der Waals surface area contributed by atoms with Crippen LogP contribution >= 0.6 is 11.3 Å². The molecule has 2 aromatic heterocycles. The third-order valence-electron chi connectivity index (χ3n) is 4.58. The van der Waals surface area contributed by atoms with Crippen LogP contribution in [0.2, 0.25) is 0 Å². The second kappa shape index (κ2) is 8.94. The summed E-state index contributed by atoms with van der Waals surface area (Å²) in [5.41, 5.74) is 9.69. The number of ether oxygens (including phenoxy) is 1. The van der Waals surface area contributed by atoms with E-state index < -0.39 is 6.04 Å². The number of carbonyl (C=O) groups excluding carboxylic acids is 1. The minimum Gasteiger partial charge on any atom is -0.496 e. The van der Waals surface area contributed by atoms with E-state index in [2.05, 4.69) is 34.3 Å².